The van der Waals surface area contributed by atoms with E-state index in [0.29, 0.717) is 0 Å². The number of hydrogen-bond donors (Lipinski definition) is 1. The molecule has 2 N–H and O–H groups in total. The summed E-state index contributed by atoms with van der Waals surface area (Å²) < 4.78 is 1.03. The fraction of sp³-hybridized carbons (Fsp3) is 0.143. The maximum atomic E-state index is 5.98. The number of rotatable bonds is 2. The van der Waals surface area contributed by atoms with Crippen molar-refractivity contribution in [2.24, 2.45) is 0 Å². The summed E-state index contributed by atoms with van der Waals surface area (Å²) >= 11 is 3.41. The molecule has 0 aliphatic heterocycles. The molecule has 0 amide bonds. The van der Waals surface area contributed by atoms with Crippen LogP contribution in [0.1, 0.15) is 16.7 Å². The summed E-state index contributed by atoms with van der Waals surface area (Å²) in [7, 11) is 0. The fourth-order valence-electron chi connectivity index (χ4n) is 1.77. The Morgan fingerprint density at radius 1 is 1.12 bits per heavy atom. The predicted molar refractivity (Wildman–Crippen MR) is 72.5 cm³/mol. The van der Waals surface area contributed by atoms with Gasteiger partial charge >= 0.3 is 0 Å². The third-order valence-electron chi connectivity index (χ3n) is 2.58. The van der Waals surface area contributed by atoms with Gasteiger partial charge in [0.15, 0.2) is 0 Å². The Kier molecular flexibility index (Phi) is 3.30. The molecular weight excluding hydrogens is 262 g/mol. The summed E-state index contributed by atoms with van der Waals surface area (Å²) in [6.07, 6.45) is 0.890. The number of halogens is 1. The van der Waals surface area contributed by atoms with Crippen LogP contribution in [0.4, 0.5) is 5.69 Å². The van der Waals surface area contributed by atoms with Crippen molar-refractivity contribution in [3.63, 3.8) is 0 Å². The second-order valence-electron chi connectivity index (χ2n) is 4.01. The van der Waals surface area contributed by atoms with Crippen LogP contribution in [-0.2, 0) is 6.42 Å². The summed E-state index contributed by atoms with van der Waals surface area (Å²) in [5.41, 5.74) is 10.6. The van der Waals surface area contributed by atoms with Gasteiger partial charge in [-0.15, -0.1) is 0 Å². The summed E-state index contributed by atoms with van der Waals surface area (Å²) in [5, 5.41) is 0. The van der Waals surface area contributed by atoms with E-state index in [-0.39, 0.29) is 0 Å². The maximum absolute atomic E-state index is 5.98. The van der Waals surface area contributed by atoms with Crippen molar-refractivity contribution in [1.29, 1.82) is 0 Å². The molecule has 0 unspecified atom stereocenters. The minimum Gasteiger partial charge on any atom is -0.398 e. The summed E-state index contributed by atoms with van der Waals surface area (Å²) in [5.74, 6) is 0. The monoisotopic (exact) mass is 275 g/mol. The Morgan fingerprint density at radius 2 is 1.94 bits per heavy atom. The Morgan fingerprint density at radius 3 is 2.62 bits per heavy atom. The molecule has 0 radical (unpaired) electrons. The van der Waals surface area contributed by atoms with E-state index in [9.17, 15) is 0 Å². The van der Waals surface area contributed by atoms with Crippen molar-refractivity contribution in [3.05, 3.63) is 63.6 Å². The van der Waals surface area contributed by atoms with Gasteiger partial charge in [0.25, 0.3) is 0 Å². The van der Waals surface area contributed by atoms with Crippen LogP contribution in [0, 0.1) is 6.92 Å². The first kappa shape index (κ1) is 11.2. The molecule has 2 heteroatoms. The Hall–Kier alpha value is -1.28. The zero-order chi connectivity index (χ0) is 11.5. The van der Waals surface area contributed by atoms with Crippen LogP contribution in [0.25, 0.3) is 0 Å². The first-order valence-electron chi connectivity index (χ1n) is 5.24. The number of anilines is 1. The molecule has 0 spiro atoms. The number of benzene rings is 2. The van der Waals surface area contributed by atoms with Crippen LogP contribution in [0.2, 0.25) is 0 Å². The molecule has 0 aliphatic rings. The number of nitrogen functional groups attached to an aromatic ring is 1. The van der Waals surface area contributed by atoms with E-state index >= 15 is 0 Å². The molecule has 0 fully saturated rings. The highest BCUT2D eigenvalue weighted by atomic mass is 79.9. The first-order valence-corrected chi connectivity index (χ1v) is 6.04. The van der Waals surface area contributed by atoms with E-state index in [0.717, 1.165) is 16.6 Å². The first-order chi connectivity index (χ1) is 7.65. The summed E-state index contributed by atoms with van der Waals surface area (Å²) in [4.78, 5) is 0. The smallest absolute Gasteiger partial charge is 0.0361 e. The summed E-state index contributed by atoms with van der Waals surface area (Å²) in [6.45, 7) is 2.11. The molecular formula is C14H14BrN. The lowest BCUT2D eigenvalue weighted by Crippen LogP contribution is -1.95. The van der Waals surface area contributed by atoms with Gasteiger partial charge in [-0.25, -0.2) is 0 Å². The molecule has 16 heavy (non-hydrogen) atoms. The quantitative estimate of drug-likeness (QED) is 0.826. The van der Waals surface area contributed by atoms with Gasteiger partial charge < -0.3 is 5.73 Å². The van der Waals surface area contributed by atoms with Crippen molar-refractivity contribution < 1.29 is 0 Å². The largest absolute Gasteiger partial charge is 0.398 e. The van der Waals surface area contributed by atoms with Crippen molar-refractivity contribution >= 4 is 21.6 Å². The van der Waals surface area contributed by atoms with Crippen LogP contribution in [0.15, 0.2) is 46.9 Å². The van der Waals surface area contributed by atoms with Gasteiger partial charge in [-0.2, -0.15) is 0 Å². The van der Waals surface area contributed by atoms with E-state index in [1.807, 2.05) is 12.1 Å². The third-order valence-corrected chi connectivity index (χ3v) is 3.08. The summed E-state index contributed by atoms with van der Waals surface area (Å²) in [6, 6.07) is 14.6. The predicted octanol–water partition coefficient (Wildman–Crippen LogP) is 3.93. The molecule has 0 heterocycles. The molecule has 0 aliphatic carbocycles. The Labute approximate surface area is 104 Å². The van der Waals surface area contributed by atoms with Gasteiger partial charge in [0.2, 0.25) is 0 Å². The topological polar surface area (TPSA) is 26.0 Å². The highest BCUT2D eigenvalue weighted by Gasteiger charge is 2.01. The molecule has 2 aromatic carbocycles. The lowest BCUT2D eigenvalue weighted by Gasteiger charge is -2.07. The zero-order valence-electron chi connectivity index (χ0n) is 9.20. The molecule has 0 saturated heterocycles. The molecule has 82 valence electrons. The minimum absolute atomic E-state index is 0.843. The third kappa shape index (κ3) is 2.64. The molecule has 2 aromatic rings. The van der Waals surface area contributed by atoms with Crippen LogP contribution >= 0.6 is 15.9 Å². The van der Waals surface area contributed by atoms with Crippen molar-refractivity contribution in [1.82, 2.24) is 0 Å². The number of hydrogen-bond acceptors (Lipinski definition) is 1. The Balaban J connectivity index is 2.27. The number of aryl methyl sites for hydroxylation is 1. The van der Waals surface area contributed by atoms with Crippen LogP contribution < -0.4 is 5.73 Å². The standard InChI is InChI=1S/C14H14BrN/c1-10-3-2-4-11(7-10)8-12-5-6-13(15)9-14(12)16/h2-7,9H,8,16H2,1H3. The molecule has 0 atom stereocenters. The molecule has 0 saturated carbocycles. The van der Waals surface area contributed by atoms with E-state index in [4.69, 9.17) is 5.73 Å². The Bertz CT molecular complexity index is 506. The molecule has 2 rings (SSSR count). The lowest BCUT2D eigenvalue weighted by molar-refractivity contribution is 1.18. The lowest BCUT2D eigenvalue weighted by atomic mass is 10.0. The van der Waals surface area contributed by atoms with E-state index in [2.05, 4.69) is 53.2 Å². The van der Waals surface area contributed by atoms with Gasteiger partial charge in [-0.05, 0) is 36.6 Å². The zero-order valence-corrected chi connectivity index (χ0v) is 10.8. The normalized spacial score (nSPS) is 10.4. The van der Waals surface area contributed by atoms with Crippen LogP contribution in [0.5, 0.6) is 0 Å². The van der Waals surface area contributed by atoms with Gasteiger partial charge in [0.05, 0.1) is 0 Å². The second-order valence-corrected chi connectivity index (χ2v) is 4.92. The molecule has 0 bridgehead atoms. The van der Waals surface area contributed by atoms with Crippen LogP contribution in [-0.4, -0.2) is 0 Å². The average molecular weight is 276 g/mol. The van der Waals surface area contributed by atoms with Crippen molar-refractivity contribution in [2.45, 2.75) is 13.3 Å². The minimum atomic E-state index is 0.843. The maximum Gasteiger partial charge on any atom is 0.0361 e. The molecule has 0 aromatic heterocycles. The van der Waals surface area contributed by atoms with Crippen LogP contribution in [0.3, 0.4) is 0 Å². The van der Waals surface area contributed by atoms with Gasteiger partial charge in [0, 0.05) is 10.2 Å². The second kappa shape index (κ2) is 4.71. The highest BCUT2D eigenvalue weighted by molar-refractivity contribution is 9.10. The highest BCUT2D eigenvalue weighted by Crippen LogP contribution is 2.21. The van der Waals surface area contributed by atoms with Crippen molar-refractivity contribution in [2.75, 3.05) is 5.73 Å². The number of nitrogens with two attached hydrogens (primary N) is 1. The van der Waals surface area contributed by atoms with E-state index in [1.54, 1.807) is 0 Å². The van der Waals surface area contributed by atoms with E-state index < -0.39 is 0 Å². The average Bonchev–Trinajstić information content (AvgIpc) is 2.22. The molecule has 1 nitrogen and oxygen atoms in total. The van der Waals surface area contributed by atoms with Gasteiger partial charge in [-0.1, -0.05) is 51.8 Å². The SMILES string of the molecule is Cc1cccc(Cc2ccc(Br)cc2N)c1. The van der Waals surface area contributed by atoms with Crippen molar-refractivity contribution in [3.8, 4) is 0 Å². The van der Waals surface area contributed by atoms with Gasteiger partial charge in [0.1, 0.15) is 0 Å². The van der Waals surface area contributed by atoms with E-state index in [1.165, 1.54) is 16.7 Å². The fourth-order valence-corrected chi connectivity index (χ4v) is 2.15. The van der Waals surface area contributed by atoms with Gasteiger partial charge in [-0.3, -0.25) is 0 Å².